The minimum absolute atomic E-state index is 0.0295. The number of carbonyl (C=O) groups is 2. The predicted octanol–water partition coefficient (Wildman–Crippen LogP) is 4.37. The van der Waals surface area contributed by atoms with Crippen molar-refractivity contribution in [2.75, 3.05) is 12.0 Å². The standard InChI is InChI=1S/C23H17ClN2O4/c1-30-18-10-9-14(12-17(18)24)21(27)19-20(15-6-5-11-25-13-15)26(23(29)22(19)28)16-7-3-2-4-8-16/h2-13,20,27H,1H3/b21-19-. The monoisotopic (exact) mass is 420 g/mol. The summed E-state index contributed by atoms with van der Waals surface area (Å²) in [6.07, 6.45) is 3.17. The number of hydrogen-bond acceptors (Lipinski definition) is 5. The molecule has 0 spiro atoms. The number of anilines is 1. The number of rotatable bonds is 4. The maximum atomic E-state index is 13.0. The molecule has 2 aromatic carbocycles. The van der Waals surface area contributed by atoms with E-state index in [2.05, 4.69) is 4.98 Å². The number of aromatic nitrogens is 1. The van der Waals surface area contributed by atoms with Crippen LogP contribution < -0.4 is 9.64 Å². The first-order valence-electron chi connectivity index (χ1n) is 9.13. The average molecular weight is 421 g/mol. The Kier molecular flexibility index (Phi) is 5.25. The van der Waals surface area contributed by atoms with Crippen LogP contribution in [0.3, 0.4) is 0 Å². The number of aliphatic hydroxyl groups is 1. The van der Waals surface area contributed by atoms with Gasteiger partial charge in [0.05, 0.1) is 23.7 Å². The molecule has 0 aliphatic carbocycles. The summed E-state index contributed by atoms with van der Waals surface area (Å²) in [6.45, 7) is 0. The number of amides is 1. The molecule has 1 fully saturated rings. The Labute approximate surface area is 178 Å². The van der Waals surface area contributed by atoms with Gasteiger partial charge in [0.15, 0.2) is 0 Å². The third-order valence-corrected chi connectivity index (χ3v) is 5.20. The molecular weight excluding hydrogens is 404 g/mol. The number of nitrogens with zero attached hydrogens (tertiary/aromatic N) is 2. The first-order valence-corrected chi connectivity index (χ1v) is 9.50. The number of aliphatic hydroxyl groups excluding tert-OH is 1. The van der Waals surface area contributed by atoms with Crippen molar-refractivity contribution in [3.8, 4) is 5.75 Å². The normalized spacial score (nSPS) is 17.9. The smallest absolute Gasteiger partial charge is 0.300 e. The van der Waals surface area contributed by atoms with Gasteiger partial charge in [0, 0.05) is 23.6 Å². The fraction of sp³-hybridized carbons (Fsp3) is 0.0870. The number of Topliss-reactive ketones (excluding diaryl/α,β-unsaturated/α-hetero) is 1. The van der Waals surface area contributed by atoms with E-state index < -0.39 is 17.7 Å². The fourth-order valence-corrected chi connectivity index (χ4v) is 3.77. The van der Waals surface area contributed by atoms with Crippen molar-refractivity contribution < 1.29 is 19.4 Å². The number of halogens is 1. The molecular formula is C23H17ClN2O4. The summed E-state index contributed by atoms with van der Waals surface area (Å²) < 4.78 is 5.14. The molecule has 1 amide bonds. The van der Waals surface area contributed by atoms with Crippen LogP contribution >= 0.6 is 11.6 Å². The van der Waals surface area contributed by atoms with Crippen LogP contribution in [0.25, 0.3) is 5.76 Å². The highest BCUT2D eigenvalue weighted by Gasteiger charge is 2.47. The first kappa shape index (κ1) is 19.7. The molecule has 1 saturated heterocycles. The molecule has 0 radical (unpaired) electrons. The summed E-state index contributed by atoms with van der Waals surface area (Å²) in [7, 11) is 1.48. The van der Waals surface area contributed by atoms with E-state index in [0.29, 0.717) is 22.6 Å². The van der Waals surface area contributed by atoms with Crippen LogP contribution in [0.1, 0.15) is 17.2 Å². The third-order valence-electron chi connectivity index (χ3n) is 4.90. The third kappa shape index (κ3) is 3.31. The van der Waals surface area contributed by atoms with Crippen molar-refractivity contribution in [1.29, 1.82) is 0 Å². The van der Waals surface area contributed by atoms with Gasteiger partial charge in [-0.25, -0.2) is 0 Å². The highest BCUT2D eigenvalue weighted by Crippen LogP contribution is 2.42. The number of benzene rings is 2. The SMILES string of the molecule is COc1ccc(/C(O)=C2/C(=O)C(=O)N(c3ccccc3)C2c2cccnc2)cc1Cl. The molecule has 1 aromatic heterocycles. The highest BCUT2D eigenvalue weighted by molar-refractivity contribution is 6.51. The molecule has 0 saturated carbocycles. The summed E-state index contributed by atoms with van der Waals surface area (Å²) in [5.74, 6) is -1.39. The van der Waals surface area contributed by atoms with Gasteiger partial charge in [-0.05, 0) is 42.0 Å². The molecule has 1 aliphatic rings. The number of methoxy groups -OCH3 is 1. The van der Waals surface area contributed by atoms with Gasteiger partial charge in [-0.3, -0.25) is 19.5 Å². The van der Waals surface area contributed by atoms with Crippen LogP contribution in [-0.2, 0) is 9.59 Å². The molecule has 7 heteroatoms. The lowest BCUT2D eigenvalue weighted by Gasteiger charge is -2.25. The molecule has 150 valence electrons. The second-order valence-corrected chi connectivity index (χ2v) is 7.05. The number of ether oxygens (including phenoxy) is 1. The lowest BCUT2D eigenvalue weighted by Crippen LogP contribution is -2.29. The summed E-state index contributed by atoms with van der Waals surface area (Å²) >= 11 is 6.19. The van der Waals surface area contributed by atoms with E-state index in [4.69, 9.17) is 16.3 Å². The van der Waals surface area contributed by atoms with Gasteiger partial charge in [-0.15, -0.1) is 0 Å². The van der Waals surface area contributed by atoms with E-state index in [1.807, 2.05) is 6.07 Å². The predicted molar refractivity (Wildman–Crippen MR) is 113 cm³/mol. The van der Waals surface area contributed by atoms with Gasteiger partial charge in [0.25, 0.3) is 11.7 Å². The summed E-state index contributed by atoms with van der Waals surface area (Å²) in [6, 6.07) is 16.1. The van der Waals surface area contributed by atoms with E-state index >= 15 is 0 Å². The van der Waals surface area contributed by atoms with E-state index in [1.54, 1.807) is 60.9 Å². The Morgan fingerprint density at radius 1 is 1.10 bits per heavy atom. The number of carbonyl (C=O) groups excluding carboxylic acids is 2. The maximum absolute atomic E-state index is 13.0. The number of ketones is 1. The molecule has 1 atom stereocenters. The molecule has 1 N–H and O–H groups in total. The quantitative estimate of drug-likeness (QED) is 0.385. The summed E-state index contributed by atoms with van der Waals surface area (Å²) in [5.41, 5.74) is 1.42. The highest BCUT2D eigenvalue weighted by atomic mass is 35.5. The minimum Gasteiger partial charge on any atom is -0.507 e. The second kappa shape index (κ2) is 8.00. The second-order valence-electron chi connectivity index (χ2n) is 6.64. The number of hydrogen-bond donors (Lipinski definition) is 1. The van der Waals surface area contributed by atoms with Gasteiger partial charge >= 0.3 is 0 Å². The molecule has 1 unspecified atom stereocenters. The van der Waals surface area contributed by atoms with E-state index in [0.717, 1.165) is 0 Å². The minimum atomic E-state index is -0.832. The van der Waals surface area contributed by atoms with Crippen LogP contribution in [0.5, 0.6) is 5.75 Å². The molecule has 3 aromatic rings. The van der Waals surface area contributed by atoms with Crippen LogP contribution in [0.4, 0.5) is 5.69 Å². The van der Waals surface area contributed by atoms with Crippen LogP contribution in [0.2, 0.25) is 5.02 Å². The number of pyridine rings is 1. The molecule has 30 heavy (non-hydrogen) atoms. The molecule has 0 bridgehead atoms. The Hall–Kier alpha value is -3.64. The Morgan fingerprint density at radius 3 is 2.50 bits per heavy atom. The van der Waals surface area contributed by atoms with Crippen molar-refractivity contribution in [3.63, 3.8) is 0 Å². The van der Waals surface area contributed by atoms with Crippen molar-refractivity contribution in [1.82, 2.24) is 4.98 Å². The van der Waals surface area contributed by atoms with E-state index in [-0.39, 0.29) is 16.4 Å². The summed E-state index contributed by atoms with van der Waals surface area (Å²) in [4.78, 5) is 31.5. The lowest BCUT2D eigenvalue weighted by molar-refractivity contribution is -0.132. The van der Waals surface area contributed by atoms with Crippen molar-refractivity contribution in [2.45, 2.75) is 6.04 Å². The zero-order chi connectivity index (χ0) is 21.3. The van der Waals surface area contributed by atoms with E-state index in [9.17, 15) is 14.7 Å². The van der Waals surface area contributed by atoms with Crippen molar-refractivity contribution >= 4 is 34.7 Å². The van der Waals surface area contributed by atoms with Crippen molar-refractivity contribution in [2.24, 2.45) is 0 Å². The molecule has 1 aliphatic heterocycles. The van der Waals surface area contributed by atoms with Crippen LogP contribution in [0.15, 0.2) is 78.6 Å². The largest absolute Gasteiger partial charge is 0.507 e. The van der Waals surface area contributed by atoms with Crippen LogP contribution in [-0.4, -0.2) is 28.9 Å². The Morgan fingerprint density at radius 2 is 1.87 bits per heavy atom. The lowest BCUT2D eigenvalue weighted by atomic mass is 9.96. The van der Waals surface area contributed by atoms with E-state index in [1.165, 1.54) is 18.1 Å². The van der Waals surface area contributed by atoms with Gasteiger partial charge in [-0.1, -0.05) is 35.9 Å². The average Bonchev–Trinajstić information content (AvgIpc) is 3.05. The first-order chi connectivity index (χ1) is 14.5. The van der Waals surface area contributed by atoms with Gasteiger partial charge < -0.3 is 9.84 Å². The van der Waals surface area contributed by atoms with Gasteiger partial charge in [-0.2, -0.15) is 0 Å². The maximum Gasteiger partial charge on any atom is 0.300 e. The molecule has 2 heterocycles. The van der Waals surface area contributed by atoms with Gasteiger partial charge in [0.2, 0.25) is 0 Å². The number of para-hydroxylation sites is 1. The van der Waals surface area contributed by atoms with Crippen molar-refractivity contribution in [3.05, 3.63) is 94.8 Å². The Bertz CT molecular complexity index is 1150. The van der Waals surface area contributed by atoms with Gasteiger partial charge in [0.1, 0.15) is 11.5 Å². The van der Waals surface area contributed by atoms with Crippen LogP contribution in [0, 0.1) is 0 Å². The zero-order valence-electron chi connectivity index (χ0n) is 15.9. The fourth-order valence-electron chi connectivity index (χ4n) is 3.51. The zero-order valence-corrected chi connectivity index (χ0v) is 16.7. The molecule has 6 nitrogen and oxygen atoms in total. The molecule has 4 rings (SSSR count). The topological polar surface area (TPSA) is 79.7 Å². The summed E-state index contributed by atoms with van der Waals surface area (Å²) in [5, 5.41) is 11.3. The Balaban J connectivity index is 1.93.